The number of nitrogens with one attached hydrogen (secondary N) is 1. The Labute approximate surface area is 118 Å². The van der Waals surface area contributed by atoms with E-state index in [4.69, 9.17) is 5.11 Å². The third-order valence-corrected chi connectivity index (χ3v) is 3.25. The van der Waals surface area contributed by atoms with Gasteiger partial charge in [-0.3, -0.25) is 4.79 Å². The van der Waals surface area contributed by atoms with Crippen LogP contribution in [0.25, 0.3) is 6.08 Å². The van der Waals surface area contributed by atoms with E-state index in [-0.39, 0.29) is 5.70 Å². The van der Waals surface area contributed by atoms with E-state index in [1.807, 2.05) is 0 Å². The van der Waals surface area contributed by atoms with E-state index in [0.717, 1.165) is 11.5 Å². The van der Waals surface area contributed by atoms with Crippen LogP contribution in [0, 0.1) is 6.92 Å². The highest BCUT2D eigenvalue weighted by molar-refractivity contribution is 7.06. The molecule has 0 unspecified atom stereocenters. The molecule has 0 saturated heterocycles. The Kier molecular flexibility index (Phi) is 4.21. The van der Waals surface area contributed by atoms with E-state index in [1.165, 1.54) is 6.08 Å². The van der Waals surface area contributed by atoms with Gasteiger partial charge in [0.05, 0.1) is 10.6 Å². The molecule has 2 aromatic rings. The maximum Gasteiger partial charge on any atom is 0.352 e. The van der Waals surface area contributed by atoms with E-state index in [9.17, 15) is 9.59 Å². The van der Waals surface area contributed by atoms with Crippen LogP contribution < -0.4 is 5.32 Å². The smallest absolute Gasteiger partial charge is 0.352 e. The summed E-state index contributed by atoms with van der Waals surface area (Å²) in [7, 11) is 0. The highest BCUT2D eigenvalue weighted by Crippen LogP contribution is 2.13. The van der Waals surface area contributed by atoms with Gasteiger partial charge in [-0.15, -0.1) is 5.10 Å². The molecule has 0 aliphatic rings. The normalized spacial score (nSPS) is 11.2. The first-order chi connectivity index (χ1) is 9.58. The Balaban J connectivity index is 2.23. The molecule has 6 nitrogen and oxygen atoms in total. The molecule has 0 aliphatic heterocycles. The summed E-state index contributed by atoms with van der Waals surface area (Å²) in [4.78, 5) is 23.7. The molecule has 1 amide bonds. The largest absolute Gasteiger partial charge is 0.477 e. The lowest BCUT2D eigenvalue weighted by molar-refractivity contribution is -0.132. The van der Waals surface area contributed by atoms with E-state index in [2.05, 4.69) is 14.9 Å². The first-order valence-corrected chi connectivity index (χ1v) is 6.45. The standard InChI is InChI=1S/C13H11N3O3S/c1-8-11(20-16-15-8)7-10(13(18)19)14-12(17)9-5-3-2-4-6-9/h2-7H,1H3,(H,14,17)(H,18,19)/b10-7-. The molecule has 2 rings (SSSR count). The first kappa shape index (κ1) is 13.9. The van der Waals surface area contributed by atoms with Crippen molar-refractivity contribution >= 4 is 29.5 Å². The van der Waals surface area contributed by atoms with Gasteiger partial charge in [-0.05, 0) is 36.7 Å². The number of aromatic nitrogens is 2. The summed E-state index contributed by atoms with van der Waals surface area (Å²) in [5.74, 6) is -1.70. The molecule has 0 atom stereocenters. The number of aliphatic carboxylic acids is 1. The number of carboxylic acids is 1. The fourth-order valence-electron chi connectivity index (χ4n) is 1.44. The van der Waals surface area contributed by atoms with Gasteiger partial charge in [0.15, 0.2) is 0 Å². The molecule has 0 saturated carbocycles. The second kappa shape index (κ2) is 6.07. The van der Waals surface area contributed by atoms with E-state index < -0.39 is 11.9 Å². The number of amides is 1. The molecule has 0 bridgehead atoms. The summed E-state index contributed by atoms with van der Waals surface area (Å²) < 4.78 is 3.71. The SMILES string of the molecule is Cc1nnsc1/C=C(\NC(=O)c1ccccc1)C(=O)O. The minimum absolute atomic E-state index is 0.215. The lowest BCUT2D eigenvalue weighted by atomic mass is 10.2. The molecule has 0 spiro atoms. The zero-order chi connectivity index (χ0) is 14.5. The second-order valence-corrected chi connectivity index (χ2v) is 4.69. The van der Waals surface area contributed by atoms with Crippen molar-refractivity contribution in [2.24, 2.45) is 0 Å². The van der Waals surface area contributed by atoms with Crippen LogP contribution in [0.1, 0.15) is 20.9 Å². The number of carbonyl (C=O) groups excluding carboxylic acids is 1. The summed E-state index contributed by atoms with van der Waals surface area (Å²) in [6.45, 7) is 1.72. The summed E-state index contributed by atoms with van der Waals surface area (Å²) in [6.07, 6.45) is 1.35. The highest BCUT2D eigenvalue weighted by atomic mass is 32.1. The van der Waals surface area contributed by atoms with Gasteiger partial charge in [0.25, 0.3) is 5.91 Å². The molecule has 7 heteroatoms. The number of carboxylic acid groups (broad SMARTS) is 1. The second-order valence-electron chi connectivity index (χ2n) is 3.91. The van der Waals surface area contributed by atoms with Crippen LogP contribution in [0.15, 0.2) is 36.0 Å². The number of rotatable bonds is 4. The Bertz CT molecular complexity index is 665. The maximum absolute atomic E-state index is 11.9. The van der Waals surface area contributed by atoms with Gasteiger partial charge in [0, 0.05) is 5.56 Å². The van der Waals surface area contributed by atoms with Crippen molar-refractivity contribution in [3.63, 3.8) is 0 Å². The Morgan fingerprint density at radius 1 is 1.30 bits per heavy atom. The van der Waals surface area contributed by atoms with Crippen molar-refractivity contribution < 1.29 is 14.7 Å². The number of hydrogen-bond acceptors (Lipinski definition) is 5. The van der Waals surface area contributed by atoms with Gasteiger partial charge in [-0.25, -0.2) is 4.79 Å². The van der Waals surface area contributed by atoms with Crippen LogP contribution in [0.3, 0.4) is 0 Å². The molecule has 0 aliphatic carbocycles. The fraction of sp³-hybridized carbons (Fsp3) is 0.0769. The van der Waals surface area contributed by atoms with E-state index >= 15 is 0 Å². The minimum Gasteiger partial charge on any atom is -0.477 e. The Morgan fingerprint density at radius 3 is 2.55 bits per heavy atom. The van der Waals surface area contributed by atoms with Crippen LogP contribution in [0.2, 0.25) is 0 Å². The predicted molar refractivity (Wildman–Crippen MR) is 74.2 cm³/mol. The predicted octanol–water partition coefficient (Wildman–Crippen LogP) is 1.70. The van der Waals surface area contributed by atoms with Crippen LogP contribution in [0.4, 0.5) is 0 Å². The summed E-state index contributed by atoms with van der Waals surface area (Å²) in [5, 5.41) is 15.3. The fourth-order valence-corrected chi connectivity index (χ4v) is 2.03. The minimum atomic E-state index is -1.22. The number of nitrogens with zero attached hydrogens (tertiary/aromatic N) is 2. The number of benzene rings is 1. The molecule has 2 N–H and O–H groups in total. The van der Waals surface area contributed by atoms with Crippen LogP contribution in [-0.4, -0.2) is 26.6 Å². The Hall–Kier alpha value is -2.54. The third-order valence-electron chi connectivity index (χ3n) is 2.48. The van der Waals surface area contributed by atoms with Gasteiger partial charge in [-0.1, -0.05) is 22.7 Å². The summed E-state index contributed by atoms with van der Waals surface area (Å²) >= 11 is 1.07. The molecule has 0 radical (unpaired) electrons. The highest BCUT2D eigenvalue weighted by Gasteiger charge is 2.14. The van der Waals surface area contributed by atoms with Gasteiger partial charge in [0.2, 0.25) is 0 Å². The van der Waals surface area contributed by atoms with Gasteiger partial charge < -0.3 is 10.4 Å². The van der Waals surface area contributed by atoms with E-state index in [0.29, 0.717) is 16.1 Å². The molecule has 20 heavy (non-hydrogen) atoms. The Morgan fingerprint density at radius 2 is 2.00 bits per heavy atom. The molecule has 1 aromatic heterocycles. The molecular formula is C13H11N3O3S. The lowest BCUT2D eigenvalue weighted by Gasteiger charge is -2.05. The van der Waals surface area contributed by atoms with Gasteiger partial charge >= 0.3 is 5.97 Å². The lowest BCUT2D eigenvalue weighted by Crippen LogP contribution is -2.27. The van der Waals surface area contributed by atoms with Gasteiger partial charge in [0.1, 0.15) is 5.70 Å². The van der Waals surface area contributed by atoms with Crippen molar-refractivity contribution in [1.29, 1.82) is 0 Å². The van der Waals surface area contributed by atoms with Gasteiger partial charge in [-0.2, -0.15) is 0 Å². The van der Waals surface area contributed by atoms with Crippen molar-refractivity contribution in [3.05, 3.63) is 52.2 Å². The molecule has 102 valence electrons. The number of carbonyl (C=O) groups is 2. The zero-order valence-corrected chi connectivity index (χ0v) is 11.3. The zero-order valence-electron chi connectivity index (χ0n) is 10.5. The number of hydrogen-bond donors (Lipinski definition) is 2. The van der Waals surface area contributed by atoms with Crippen LogP contribution in [0.5, 0.6) is 0 Å². The average Bonchev–Trinajstić information content (AvgIpc) is 2.84. The topological polar surface area (TPSA) is 92.2 Å². The maximum atomic E-state index is 11.9. The molecule has 1 heterocycles. The van der Waals surface area contributed by atoms with Crippen LogP contribution in [-0.2, 0) is 4.79 Å². The average molecular weight is 289 g/mol. The van der Waals surface area contributed by atoms with Crippen molar-refractivity contribution in [2.45, 2.75) is 6.92 Å². The van der Waals surface area contributed by atoms with Crippen molar-refractivity contribution in [1.82, 2.24) is 14.9 Å². The third kappa shape index (κ3) is 3.27. The van der Waals surface area contributed by atoms with Crippen molar-refractivity contribution in [2.75, 3.05) is 0 Å². The van der Waals surface area contributed by atoms with E-state index in [1.54, 1.807) is 37.3 Å². The quantitative estimate of drug-likeness (QED) is 0.836. The summed E-state index contributed by atoms with van der Waals surface area (Å²) in [5.41, 5.74) is 0.787. The van der Waals surface area contributed by atoms with Crippen molar-refractivity contribution in [3.8, 4) is 0 Å². The first-order valence-electron chi connectivity index (χ1n) is 5.68. The monoisotopic (exact) mass is 289 g/mol. The molecule has 0 fully saturated rings. The molecule has 1 aromatic carbocycles. The van der Waals surface area contributed by atoms with Crippen LogP contribution >= 0.6 is 11.5 Å². The molecular weight excluding hydrogens is 278 g/mol. The number of aryl methyl sites for hydroxylation is 1. The summed E-state index contributed by atoms with van der Waals surface area (Å²) in [6, 6.07) is 8.40.